The highest BCUT2D eigenvalue weighted by molar-refractivity contribution is 5.40. The minimum atomic E-state index is 0.137. The van der Waals surface area contributed by atoms with E-state index < -0.39 is 0 Å². The first-order valence-electron chi connectivity index (χ1n) is 5.65. The van der Waals surface area contributed by atoms with E-state index in [1.165, 1.54) is 16.8 Å². The number of nitrogens with two attached hydrogens (primary N) is 1. The predicted molar refractivity (Wildman–Crippen MR) is 63.6 cm³/mol. The Morgan fingerprint density at radius 2 is 2.31 bits per heavy atom. The molecule has 82 valence electrons. The number of hydrogen-bond acceptors (Lipinski definition) is 2. The third-order valence-electron chi connectivity index (χ3n) is 3.21. The molecule has 2 aromatic rings. The molecule has 1 heterocycles. The lowest BCUT2D eigenvalue weighted by molar-refractivity contribution is 0.653. The zero-order valence-corrected chi connectivity index (χ0v) is 9.35. The fourth-order valence-corrected chi connectivity index (χ4v) is 2.39. The largest absolute Gasteiger partial charge is 0.323 e. The van der Waals surface area contributed by atoms with Crippen LogP contribution in [0.25, 0.3) is 5.69 Å². The second-order valence-corrected chi connectivity index (χ2v) is 4.45. The molecule has 3 rings (SSSR count). The molecule has 0 amide bonds. The van der Waals surface area contributed by atoms with Crippen molar-refractivity contribution in [1.29, 1.82) is 0 Å². The van der Waals surface area contributed by atoms with Crippen molar-refractivity contribution in [3.8, 4) is 5.69 Å². The average molecular weight is 213 g/mol. The predicted octanol–water partition coefficient (Wildman–Crippen LogP) is 2.13. The Morgan fingerprint density at radius 3 is 3.12 bits per heavy atom. The molecule has 0 saturated carbocycles. The van der Waals surface area contributed by atoms with Crippen molar-refractivity contribution < 1.29 is 0 Å². The molecule has 0 aliphatic heterocycles. The standard InChI is InChI=1S/C13H15N3/c1-9-3-2-4-11(7-9)16-13-10(8-15-16)5-6-12(13)14/h2-4,7-8,12H,5-6,14H2,1H3. The Hall–Kier alpha value is -1.61. The van der Waals surface area contributed by atoms with Gasteiger partial charge in [0, 0.05) is 6.04 Å². The van der Waals surface area contributed by atoms with Gasteiger partial charge in [0.25, 0.3) is 0 Å². The third kappa shape index (κ3) is 1.36. The summed E-state index contributed by atoms with van der Waals surface area (Å²) in [5, 5.41) is 4.44. The number of aryl methyl sites for hydroxylation is 2. The highest BCUT2D eigenvalue weighted by atomic mass is 15.3. The van der Waals surface area contributed by atoms with E-state index in [-0.39, 0.29) is 6.04 Å². The second kappa shape index (κ2) is 3.46. The van der Waals surface area contributed by atoms with Crippen LogP contribution in [-0.2, 0) is 6.42 Å². The minimum Gasteiger partial charge on any atom is -0.323 e. The third-order valence-corrected chi connectivity index (χ3v) is 3.21. The van der Waals surface area contributed by atoms with Gasteiger partial charge in [-0.1, -0.05) is 12.1 Å². The molecule has 1 aromatic carbocycles. The van der Waals surface area contributed by atoms with E-state index in [9.17, 15) is 0 Å². The van der Waals surface area contributed by atoms with Crippen molar-refractivity contribution >= 4 is 0 Å². The van der Waals surface area contributed by atoms with Crippen LogP contribution in [0.2, 0.25) is 0 Å². The Morgan fingerprint density at radius 1 is 1.44 bits per heavy atom. The lowest BCUT2D eigenvalue weighted by Crippen LogP contribution is -2.12. The zero-order valence-electron chi connectivity index (χ0n) is 9.35. The topological polar surface area (TPSA) is 43.8 Å². The molecule has 1 aromatic heterocycles. The van der Waals surface area contributed by atoms with Crippen LogP contribution in [0.5, 0.6) is 0 Å². The molecule has 0 radical (unpaired) electrons. The smallest absolute Gasteiger partial charge is 0.0652 e. The van der Waals surface area contributed by atoms with Crippen LogP contribution in [0.3, 0.4) is 0 Å². The monoisotopic (exact) mass is 213 g/mol. The van der Waals surface area contributed by atoms with Crippen molar-refractivity contribution in [2.45, 2.75) is 25.8 Å². The van der Waals surface area contributed by atoms with Crippen molar-refractivity contribution in [3.05, 3.63) is 47.3 Å². The number of fused-ring (bicyclic) bond motifs is 1. The lowest BCUT2D eigenvalue weighted by Gasteiger charge is -2.10. The molecule has 0 fully saturated rings. The summed E-state index contributed by atoms with van der Waals surface area (Å²) in [4.78, 5) is 0. The van der Waals surface area contributed by atoms with Crippen molar-refractivity contribution in [1.82, 2.24) is 9.78 Å². The van der Waals surface area contributed by atoms with Gasteiger partial charge in [0.2, 0.25) is 0 Å². The molecule has 2 N–H and O–H groups in total. The fraction of sp³-hybridized carbons (Fsp3) is 0.308. The van der Waals surface area contributed by atoms with Gasteiger partial charge in [0.05, 0.1) is 17.6 Å². The quantitative estimate of drug-likeness (QED) is 0.788. The SMILES string of the molecule is Cc1cccc(-n2ncc3c2C(N)CC3)c1. The van der Waals surface area contributed by atoms with Crippen LogP contribution in [-0.4, -0.2) is 9.78 Å². The molecule has 0 bridgehead atoms. The van der Waals surface area contributed by atoms with Crippen molar-refractivity contribution in [2.24, 2.45) is 5.73 Å². The van der Waals surface area contributed by atoms with Gasteiger partial charge in [-0.25, -0.2) is 4.68 Å². The maximum Gasteiger partial charge on any atom is 0.0652 e. The molecule has 1 aliphatic carbocycles. The summed E-state index contributed by atoms with van der Waals surface area (Å²) in [5.74, 6) is 0. The van der Waals surface area contributed by atoms with Gasteiger partial charge >= 0.3 is 0 Å². The number of benzene rings is 1. The number of rotatable bonds is 1. The second-order valence-electron chi connectivity index (χ2n) is 4.45. The molecule has 3 nitrogen and oxygen atoms in total. The maximum absolute atomic E-state index is 6.11. The summed E-state index contributed by atoms with van der Waals surface area (Å²) in [5.41, 5.74) is 10.9. The summed E-state index contributed by atoms with van der Waals surface area (Å²) in [7, 11) is 0. The number of aromatic nitrogens is 2. The Kier molecular flexibility index (Phi) is 2.07. The Bertz CT molecular complexity index is 528. The van der Waals surface area contributed by atoms with Crippen LogP contribution in [0.1, 0.15) is 29.3 Å². The molecule has 1 atom stereocenters. The van der Waals surface area contributed by atoms with E-state index in [4.69, 9.17) is 5.73 Å². The van der Waals surface area contributed by atoms with Gasteiger partial charge in [-0.2, -0.15) is 5.10 Å². The van der Waals surface area contributed by atoms with Crippen molar-refractivity contribution in [3.63, 3.8) is 0 Å². The van der Waals surface area contributed by atoms with Gasteiger partial charge in [-0.15, -0.1) is 0 Å². The molecule has 3 heteroatoms. The molecular weight excluding hydrogens is 198 g/mol. The van der Waals surface area contributed by atoms with E-state index in [0.717, 1.165) is 18.5 Å². The van der Waals surface area contributed by atoms with E-state index in [1.54, 1.807) is 0 Å². The van der Waals surface area contributed by atoms with Crippen molar-refractivity contribution in [2.75, 3.05) is 0 Å². The highest BCUT2D eigenvalue weighted by Gasteiger charge is 2.24. The molecular formula is C13H15N3. The van der Waals surface area contributed by atoms with Gasteiger partial charge in [-0.05, 0) is 43.0 Å². The fourth-order valence-electron chi connectivity index (χ4n) is 2.39. The van der Waals surface area contributed by atoms with E-state index in [1.807, 2.05) is 10.9 Å². The van der Waals surface area contributed by atoms with Crippen LogP contribution in [0.15, 0.2) is 30.5 Å². The lowest BCUT2D eigenvalue weighted by atomic mass is 10.2. The Labute approximate surface area is 94.9 Å². The minimum absolute atomic E-state index is 0.137. The maximum atomic E-state index is 6.11. The average Bonchev–Trinajstić information content (AvgIpc) is 2.82. The van der Waals surface area contributed by atoms with Gasteiger partial charge in [0.1, 0.15) is 0 Å². The summed E-state index contributed by atoms with van der Waals surface area (Å²) >= 11 is 0. The van der Waals surface area contributed by atoms with Gasteiger partial charge in [-0.3, -0.25) is 0 Å². The molecule has 16 heavy (non-hydrogen) atoms. The highest BCUT2D eigenvalue weighted by Crippen LogP contribution is 2.30. The summed E-state index contributed by atoms with van der Waals surface area (Å²) in [6.07, 6.45) is 4.05. The summed E-state index contributed by atoms with van der Waals surface area (Å²) < 4.78 is 1.99. The first kappa shape index (κ1) is 9.60. The summed E-state index contributed by atoms with van der Waals surface area (Å²) in [6, 6.07) is 8.49. The van der Waals surface area contributed by atoms with Crippen LogP contribution < -0.4 is 5.73 Å². The first-order chi connectivity index (χ1) is 7.75. The Balaban J connectivity index is 2.14. The number of hydrogen-bond donors (Lipinski definition) is 1. The van der Waals surface area contributed by atoms with E-state index >= 15 is 0 Å². The van der Waals surface area contributed by atoms with E-state index in [2.05, 4.69) is 36.3 Å². The normalized spacial score (nSPS) is 18.8. The zero-order chi connectivity index (χ0) is 11.1. The molecule has 0 saturated heterocycles. The van der Waals surface area contributed by atoms with Crippen LogP contribution >= 0.6 is 0 Å². The molecule has 0 spiro atoms. The summed E-state index contributed by atoms with van der Waals surface area (Å²) in [6.45, 7) is 2.09. The number of nitrogens with zero attached hydrogens (tertiary/aromatic N) is 2. The van der Waals surface area contributed by atoms with Crippen LogP contribution in [0, 0.1) is 6.92 Å². The first-order valence-corrected chi connectivity index (χ1v) is 5.65. The molecule has 1 unspecified atom stereocenters. The van der Waals surface area contributed by atoms with Gasteiger partial charge < -0.3 is 5.73 Å². The van der Waals surface area contributed by atoms with E-state index in [0.29, 0.717) is 0 Å². The van der Waals surface area contributed by atoms with Gasteiger partial charge in [0.15, 0.2) is 0 Å². The molecule has 1 aliphatic rings. The van der Waals surface area contributed by atoms with Crippen LogP contribution in [0.4, 0.5) is 0 Å².